The number of piperidine rings is 1. The van der Waals surface area contributed by atoms with Crippen molar-refractivity contribution in [3.63, 3.8) is 0 Å². The molecule has 1 heterocycles. The monoisotopic (exact) mass is 209 g/mol. The molecule has 1 aliphatic carbocycles. The molecular formula is C13H23NO. The van der Waals surface area contributed by atoms with Gasteiger partial charge in [0.15, 0.2) is 0 Å². The maximum absolute atomic E-state index is 11.2. The highest BCUT2D eigenvalue weighted by Crippen LogP contribution is 2.30. The van der Waals surface area contributed by atoms with Crippen LogP contribution in [0.2, 0.25) is 0 Å². The van der Waals surface area contributed by atoms with E-state index in [1.807, 2.05) is 0 Å². The van der Waals surface area contributed by atoms with Crippen molar-refractivity contribution in [3.8, 4) is 0 Å². The molecule has 2 fully saturated rings. The van der Waals surface area contributed by atoms with Gasteiger partial charge in [0.2, 0.25) is 0 Å². The van der Waals surface area contributed by atoms with Crippen molar-refractivity contribution in [2.45, 2.75) is 57.9 Å². The van der Waals surface area contributed by atoms with Gasteiger partial charge in [0, 0.05) is 19.0 Å². The van der Waals surface area contributed by atoms with Gasteiger partial charge in [-0.05, 0) is 45.1 Å². The van der Waals surface area contributed by atoms with E-state index in [1.165, 1.54) is 51.6 Å². The number of carbonyl (C=O) groups is 1. The standard InChI is InChI=1S/C13H23NO/c1-11(15)9-13-7-2-3-8-14(13)10-12-5-4-6-12/h12-13H,2-10H2,1H3. The SMILES string of the molecule is CC(=O)CC1CCCCN1CC1CCC1. The second-order valence-electron chi connectivity index (χ2n) is 5.35. The van der Waals surface area contributed by atoms with Gasteiger partial charge in [0.25, 0.3) is 0 Å². The molecule has 0 aromatic carbocycles. The number of carbonyl (C=O) groups excluding carboxylic acids is 1. The highest BCUT2D eigenvalue weighted by Gasteiger charge is 2.27. The van der Waals surface area contributed by atoms with Gasteiger partial charge >= 0.3 is 0 Å². The summed E-state index contributed by atoms with van der Waals surface area (Å²) in [6, 6.07) is 0.567. The number of hydrogen-bond acceptors (Lipinski definition) is 2. The summed E-state index contributed by atoms with van der Waals surface area (Å²) in [5.74, 6) is 1.30. The summed E-state index contributed by atoms with van der Waals surface area (Å²) in [7, 11) is 0. The third kappa shape index (κ3) is 3.04. The molecule has 2 rings (SSSR count). The Labute approximate surface area is 93.0 Å². The van der Waals surface area contributed by atoms with Crippen LogP contribution < -0.4 is 0 Å². The van der Waals surface area contributed by atoms with E-state index in [0.29, 0.717) is 11.8 Å². The number of rotatable bonds is 4. The predicted octanol–water partition coefficient (Wildman–Crippen LogP) is 2.62. The van der Waals surface area contributed by atoms with Crippen LogP contribution in [0, 0.1) is 5.92 Å². The van der Waals surface area contributed by atoms with Crippen LogP contribution in [-0.4, -0.2) is 29.8 Å². The normalized spacial score (nSPS) is 28.7. The van der Waals surface area contributed by atoms with Crippen LogP contribution in [-0.2, 0) is 4.79 Å². The Morgan fingerprint density at radius 1 is 1.20 bits per heavy atom. The summed E-state index contributed by atoms with van der Waals surface area (Å²) in [4.78, 5) is 13.8. The van der Waals surface area contributed by atoms with Crippen molar-refractivity contribution in [1.82, 2.24) is 4.90 Å². The van der Waals surface area contributed by atoms with Crippen LogP contribution in [0.3, 0.4) is 0 Å². The minimum atomic E-state index is 0.362. The third-order valence-corrected chi connectivity index (χ3v) is 3.99. The molecule has 0 aromatic rings. The number of likely N-dealkylation sites (tertiary alicyclic amines) is 1. The van der Waals surface area contributed by atoms with E-state index >= 15 is 0 Å². The first kappa shape index (κ1) is 11.1. The lowest BCUT2D eigenvalue weighted by Gasteiger charge is -2.39. The lowest BCUT2D eigenvalue weighted by atomic mass is 9.84. The number of hydrogen-bond donors (Lipinski definition) is 0. The van der Waals surface area contributed by atoms with Crippen molar-refractivity contribution >= 4 is 5.78 Å². The Bertz CT molecular complexity index is 223. The predicted molar refractivity (Wildman–Crippen MR) is 61.9 cm³/mol. The van der Waals surface area contributed by atoms with E-state index in [2.05, 4.69) is 4.90 Å². The van der Waals surface area contributed by atoms with E-state index < -0.39 is 0 Å². The molecule has 0 aromatic heterocycles. The number of ketones is 1. The van der Waals surface area contributed by atoms with Gasteiger partial charge in [-0.3, -0.25) is 9.69 Å². The summed E-state index contributed by atoms with van der Waals surface area (Å²) in [6.07, 6.45) is 8.95. The van der Waals surface area contributed by atoms with Gasteiger partial charge in [-0.15, -0.1) is 0 Å². The topological polar surface area (TPSA) is 20.3 Å². The van der Waals surface area contributed by atoms with Crippen LogP contribution >= 0.6 is 0 Å². The fourth-order valence-corrected chi connectivity index (χ4v) is 2.87. The molecule has 1 saturated carbocycles. The van der Waals surface area contributed by atoms with Gasteiger partial charge in [0.1, 0.15) is 5.78 Å². The zero-order valence-electron chi connectivity index (χ0n) is 9.87. The molecule has 2 aliphatic rings. The van der Waals surface area contributed by atoms with Crippen LogP contribution in [0.1, 0.15) is 51.9 Å². The quantitative estimate of drug-likeness (QED) is 0.709. The highest BCUT2D eigenvalue weighted by molar-refractivity contribution is 5.76. The molecule has 86 valence electrons. The Kier molecular flexibility index (Phi) is 3.79. The Morgan fingerprint density at radius 2 is 2.00 bits per heavy atom. The molecule has 1 aliphatic heterocycles. The van der Waals surface area contributed by atoms with Crippen molar-refractivity contribution < 1.29 is 4.79 Å². The molecule has 0 bridgehead atoms. The summed E-state index contributed by atoms with van der Waals surface area (Å²) in [6.45, 7) is 4.22. The molecule has 0 N–H and O–H groups in total. The molecule has 1 atom stereocenters. The van der Waals surface area contributed by atoms with Crippen molar-refractivity contribution in [1.29, 1.82) is 0 Å². The fraction of sp³-hybridized carbons (Fsp3) is 0.923. The van der Waals surface area contributed by atoms with E-state index in [9.17, 15) is 4.79 Å². The minimum Gasteiger partial charge on any atom is -0.300 e. The molecule has 2 heteroatoms. The zero-order chi connectivity index (χ0) is 10.7. The minimum absolute atomic E-state index is 0.362. The fourth-order valence-electron chi connectivity index (χ4n) is 2.87. The van der Waals surface area contributed by atoms with Crippen LogP contribution in [0.4, 0.5) is 0 Å². The van der Waals surface area contributed by atoms with E-state index in [4.69, 9.17) is 0 Å². The van der Waals surface area contributed by atoms with Gasteiger partial charge < -0.3 is 0 Å². The molecule has 0 radical (unpaired) electrons. The lowest BCUT2D eigenvalue weighted by molar-refractivity contribution is -0.118. The second kappa shape index (κ2) is 5.11. The Hall–Kier alpha value is -0.370. The molecule has 15 heavy (non-hydrogen) atoms. The summed E-state index contributed by atoms with van der Waals surface area (Å²) >= 11 is 0. The van der Waals surface area contributed by atoms with Crippen molar-refractivity contribution in [3.05, 3.63) is 0 Å². The van der Waals surface area contributed by atoms with E-state index in [0.717, 1.165) is 12.3 Å². The molecule has 1 unspecified atom stereocenters. The second-order valence-corrected chi connectivity index (χ2v) is 5.35. The summed E-state index contributed by atoms with van der Waals surface area (Å²) in [5, 5.41) is 0. The first-order chi connectivity index (χ1) is 7.25. The van der Waals surface area contributed by atoms with Crippen molar-refractivity contribution in [2.75, 3.05) is 13.1 Å². The molecule has 1 saturated heterocycles. The molecule has 0 spiro atoms. The van der Waals surface area contributed by atoms with Gasteiger partial charge in [-0.25, -0.2) is 0 Å². The molecule has 0 amide bonds. The number of nitrogens with zero attached hydrogens (tertiary/aromatic N) is 1. The average Bonchev–Trinajstić information content (AvgIpc) is 2.13. The molecular weight excluding hydrogens is 186 g/mol. The summed E-state index contributed by atoms with van der Waals surface area (Å²) < 4.78 is 0. The maximum atomic E-state index is 11.2. The van der Waals surface area contributed by atoms with Crippen molar-refractivity contribution in [2.24, 2.45) is 5.92 Å². The Balaban J connectivity index is 1.83. The van der Waals surface area contributed by atoms with Crippen LogP contribution in [0.5, 0.6) is 0 Å². The highest BCUT2D eigenvalue weighted by atomic mass is 16.1. The first-order valence-corrected chi connectivity index (χ1v) is 6.49. The smallest absolute Gasteiger partial charge is 0.131 e. The number of Topliss-reactive ketones (excluding diaryl/α,β-unsaturated/α-hetero) is 1. The van der Waals surface area contributed by atoms with E-state index in [-0.39, 0.29) is 0 Å². The van der Waals surface area contributed by atoms with Crippen LogP contribution in [0.15, 0.2) is 0 Å². The summed E-state index contributed by atoms with van der Waals surface area (Å²) in [5.41, 5.74) is 0. The molecule has 2 nitrogen and oxygen atoms in total. The Morgan fingerprint density at radius 3 is 2.60 bits per heavy atom. The van der Waals surface area contributed by atoms with Crippen LogP contribution in [0.25, 0.3) is 0 Å². The zero-order valence-corrected chi connectivity index (χ0v) is 9.87. The van der Waals surface area contributed by atoms with E-state index in [1.54, 1.807) is 6.92 Å². The lowest BCUT2D eigenvalue weighted by Crippen LogP contribution is -2.44. The van der Waals surface area contributed by atoms with Gasteiger partial charge in [-0.2, -0.15) is 0 Å². The largest absolute Gasteiger partial charge is 0.300 e. The third-order valence-electron chi connectivity index (χ3n) is 3.99. The first-order valence-electron chi connectivity index (χ1n) is 6.49. The van der Waals surface area contributed by atoms with Gasteiger partial charge in [0.05, 0.1) is 0 Å². The average molecular weight is 209 g/mol. The maximum Gasteiger partial charge on any atom is 0.131 e. The van der Waals surface area contributed by atoms with Gasteiger partial charge in [-0.1, -0.05) is 12.8 Å².